The average Bonchev–Trinajstić information content (AvgIpc) is 3.29. The number of benzene rings is 1. The molecule has 1 unspecified atom stereocenters. The number of hydrogen-bond acceptors (Lipinski definition) is 7. The van der Waals surface area contributed by atoms with E-state index in [0.717, 1.165) is 46.5 Å². The summed E-state index contributed by atoms with van der Waals surface area (Å²) in [6.45, 7) is 6.27. The third-order valence-electron chi connectivity index (χ3n) is 5.93. The fourth-order valence-corrected chi connectivity index (χ4v) is 4.38. The number of fused-ring (bicyclic) bond motifs is 1. The van der Waals surface area contributed by atoms with Crippen LogP contribution in [0.15, 0.2) is 49.1 Å². The van der Waals surface area contributed by atoms with Crippen LogP contribution < -0.4 is 11.5 Å². The lowest BCUT2D eigenvalue weighted by molar-refractivity contribution is 0.0225. The van der Waals surface area contributed by atoms with Gasteiger partial charge in [-0.05, 0) is 74.4 Å². The molecule has 1 atom stereocenters. The number of ether oxygens (including phenoxy) is 1. The standard InChI is InChI=1S/C26H30N6O2/c1-26(2,3)34-25(33)32-8-4-5-23(32)21-10-17(9-16-6-7-30-15-22(16)21)18-11-20(19(12-27)13-28)24(29)31-14-18/h6-7,9-15,23,27H,4-5,8,28H2,1-3H3,(H2,29,31)/b19-13+,27-12?. The number of allylic oxidation sites excluding steroid dienone is 1. The first-order valence-electron chi connectivity index (χ1n) is 11.3. The number of carbonyl (C=O) groups is 1. The number of nitrogens with two attached hydrogens (primary N) is 2. The number of rotatable bonds is 4. The van der Waals surface area contributed by atoms with Gasteiger partial charge in [-0.15, -0.1) is 0 Å². The minimum Gasteiger partial charge on any atom is -0.444 e. The van der Waals surface area contributed by atoms with E-state index in [1.54, 1.807) is 12.4 Å². The van der Waals surface area contributed by atoms with E-state index in [4.69, 9.17) is 21.6 Å². The molecule has 5 N–H and O–H groups in total. The molecule has 0 aliphatic carbocycles. The zero-order valence-corrected chi connectivity index (χ0v) is 19.7. The van der Waals surface area contributed by atoms with Crippen molar-refractivity contribution in [2.45, 2.75) is 45.3 Å². The quantitative estimate of drug-likeness (QED) is 0.477. The Hall–Kier alpha value is -3.94. The highest BCUT2D eigenvalue weighted by atomic mass is 16.6. The second-order valence-electron chi connectivity index (χ2n) is 9.42. The lowest BCUT2D eigenvalue weighted by atomic mass is 9.93. The van der Waals surface area contributed by atoms with Crippen LogP contribution in [-0.2, 0) is 4.74 Å². The normalized spacial score (nSPS) is 16.6. The van der Waals surface area contributed by atoms with Gasteiger partial charge in [0.25, 0.3) is 0 Å². The number of carbonyl (C=O) groups excluding carboxylic acids is 1. The zero-order valence-electron chi connectivity index (χ0n) is 19.7. The van der Waals surface area contributed by atoms with E-state index in [9.17, 15) is 4.79 Å². The number of pyridine rings is 2. The molecule has 0 radical (unpaired) electrons. The van der Waals surface area contributed by atoms with Crippen LogP contribution in [0.25, 0.3) is 27.5 Å². The highest BCUT2D eigenvalue weighted by Gasteiger charge is 2.34. The van der Waals surface area contributed by atoms with Crippen molar-refractivity contribution in [2.24, 2.45) is 5.73 Å². The maximum absolute atomic E-state index is 13.0. The summed E-state index contributed by atoms with van der Waals surface area (Å²) >= 11 is 0. The Morgan fingerprint density at radius 3 is 2.74 bits per heavy atom. The summed E-state index contributed by atoms with van der Waals surface area (Å²) in [6, 6.07) is 7.89. The Morgan fingerprint density at radius 2 is 2.03 bits per heavy atom. The highest BCUT2D eigenvalue weighted by molar-refractivity contribution is 6.10. The second-order valence-corrected chi connectivity index (χ2v) is 9.42. The van der Waals surface area contributed by atoms with E-state index in [-0.39, 0.29) is 12.1 Å². The van der Waals surface area contributed by atoms with E-state index in [1.807, 2.05) is 44.0 Å². The van der Waals surface area contributed by atoms with Gasteiger partial charge in [0, 0.05) is 59.6 Å². The van der Waals surface area contributed by atoms with Gasteiger partial charge in [-0.3, -0.25) is 4.98 Å². The number of anilines is 1. The van der Waals surface area contributed by atoms with Crippen molar-refractivity contribution in [1.82, 2.24) is 14.9 Å². The molecular weight excluding hydrogens is 428 g/mol. The number of amides is 1. The van der Waals surface area contributed by atoms with Crippen LogP contribution in [0.3, 0.4) is 0 Å². The van der Waals surface area contributed by atoms with Crippen LogP contribution in [0, 0.1) is 5.41 Å². The third kappa shape index (κ3) is 4.57. The van der Waals surface area contributed by atoms with Crippen LogP contribution in [0.4, 0.5) is 10.6 Å². The number of likely N-dealkylation sites (tertiary alicyclic amines) is 1. The number of nitrogen functional groups attached to an aromatic ring is 1. The van der Waals surface area contributed by atoms with Gasteiger partial charge >= 0.3 is 6.09 Å². The molecule has 0 bridgehead atoms. The SMILES string of the molecule is CC(C)(C)OC(=O)N1CCCC1c1cc(-c2cnc(N)c(/C(C=N)=C/N)c2)cc2ccncc12. The molecule has 4 rings (SSSR count). The van der Waals surface area contributed by atoms with Gasteiger partial charge in [0.2, 0.25) is 0 Å². The summed E-state index contributed by atoms with van der Waals surface area (Å²) in [5.74, 6) is 0.307. The molecular formula is C26H30N6O2. The molecule has 34 heavy (non-hydrogen) atoms. The van der Waals surface area contributed by atoms with Crippen LogP contribution in [-0.4, -0.2) is 39.3 Å². The first kappa shape index (κ1) is 23.2. The smallest absolute Gasteiger partial charge is 0.410 e. The molecule has 1 aliphatic heterocycles. The van der Waals surface area contributed by atoms with Crippen molar-refractivity contribution >= 4 is 34.5 Å². The average molecular weight is 459 g/mol. The van der Waals surface area contributed by atoms with E-state index in [1.165, 1.54) is 6.20 Å². The van der Waals surface area contributed by atoms with Crippen molar-refractivity contribution in [1.29, 1.82) is 5.41 Å². The van der Waals surface area contributed by atoms with Crippen LogP contribution in [0.5, 0.6) is 0 Å². The molecule has 3 aromatic rings. The van der Waals surface area contributed by atoms with Gasteiger partial charge in [-0.25, -0.2) is 9.78 Å². The summed E-state index contributed by atoms with van der Waals surface area (Å²) in [5.41, 5.74) is 15.1. The van der Waals surface area contributed by atoms with Crippen LogP contribution in [0.2, 0.25) is 0 Å². The maximum atomic E-state index is 13.0. The molecule has 176 valence electrons. The Balaban J connectivity index is 1.83. The minimum absolute atomic E-state index is 0.121. The Kier molecular flexibility index (Phi) is 6.24. The first-order valence-corrected chi connectivity index (χ1v) is 11.3. The molecule has 8 nitrogen and oxygen atoms in total. The van der Waals surface area contributed by atoms with Gasteiger partial charge in [0.1, 0.15) is 11.4 Å². The maximum Gasteiger partial charge on any atom is 0.410 e. The number of nitrogens with zero attached hydrogens (tertiary/aromatic N) is 3. The Labute approximate surface area is 199 Å². The molecule has 1 aromatic carbocycles. The van der Waals surface area contributed by atoms with Crippen LogP contribution >= 0.6 is 0 Å². The lowest BCUT2D eigenvalue weighted by Gasteiger charge is -2.29. The van der Waals surface area contributed by atoms with Gasteiger partial charge in [0.05, 0.1) is 6.04 Å². The molecule has 1 fully saturated rings. The Bertz CT molecular complexity index is 1280. The lowest BCUT2D eigenvalue weighted by Crippen LogP contribution is -2.36. The zero-order chi connectivity index (χ0) is 24.5. The predicted octanol–water partition coefficient (Wildman–Crippen LogP) is 4.90. The molecule has 1 aliphatic rings. The van der Waals surface area contributed by atoms with Gasteiger partial charge in [0.15, 0.2) is 0 Å². The molecule has 1 saturated heterocycles. The van der Waals surface area contributed by atoms with E-state index in [0.29, 0.717) is 23.5 Å². The van der Waals surface area contributed by atoms with Gasteiger partial charge in [-0.1, -0.05) is 0 Å². The molecule has 0 spiro atoms. The molecule has 8 heteroatoms. The highest BCUT2D eigenvalue weighted by Crippen LogP contribution is 2.39. The van der Waals surface area contributed by atoms with Crippen molar-refractivity contribution < 1.29 is 9.53 Å². The van der Waals surface area contributed by atoms with Gasteiger partial charge in [-0.2, -0.15) is 0 Å². The van der Waals surface area contributed by atoms with Crippen molar-refractivity contribution in [3.63, 3.8) is 0 Å². The van der Waals surface area contributed by atoms with Crippen molar-refractivity contribution in [3.05, 3.63) is 60.2 Å². The van der Waals surface area contributed by atoms with Crippen LogP contribution in [0.1, 0.15) is 50.8 Å². The predicted molar refractivity (Wildman–Crippen MR) is 135 cm³/mol. The van der Waals surface area contributed by atoms with Gasteiger partial charge < -0.3 is 26.5 Å². The topological polar surface area (TPSA) is 131 Å². The van der Waals surface area contributed by atoms with Crippen molar-refractivity contribution in [3.8, 4) is 11.1 Å². The van der Waals surface area contributed by atoms with E-state index < -0.39 is 5.60 Å². The summed E-state index contributed by atoms with van der Waals surface area (Å²) in [4.78, 5) is 23.5. The second kappa shape index (κ2) is 9.13. The van der Waals surface area contributed by atoms with E-state index >= 15 is 0 Å². The summed E-state index contributed by atoms with van der Waals surface area (Å²) < 4.78 is 5.69. The number of nitrogens with one attached hydrogen (secondary N) is 1. The molecule has 3 heterocycles. The molecule has 2 aromatic heterocycles. The summed E-state index contributed by atoms with van der Waals surface area (Å²) in [6.07, 6.45) is 9.25. The molecule has 1 amide bonds. The number of aromatic nitrogens is 2. The van der Waals surface area contributed by atoms with E-state index in [2.05, 4.69) is 22.1 Å². The number of hydrogen-bond donors (Lipinski definition) is 3. The molecule has 0 saturated carbocycles. The minimum atomic E-state index is -0.565. The summed E-state index contributed by atoms with van der Waals surface area (Å²) in [5, 5.41) is 9.65. The largest absolute Gasteiger partial charge is 0.444 e. The third-order valence-corrected chi connectivity index (χ3v) is 5.93. The monoisotopic (exact) mass is 458 g/mol. The Morgan fingerprint density at radius 1 is 1.24 bits per heavy atom. The van der Waals surface area contributed by atoms with Crippen molar-refractivity contribution in [2.75, 3.05) is 12.3 Å². The fourth-order valence-electron chi connectivity index (χ4n) is 4.38. The summed E-state index contributed by atoms with van der Waals surface area (Å²) in [7, 11) is 0. The first-order chi connectivity index (χ1) is 16.2. The fraction of sp³-hybridized carbons (Fsp3) is 0.308.